The monoisotopic (exact) mass is 446 g/mol. The van der Waals surface area contributed by atoms with E-state index in [4.69, 9.17) is 0 Å². The van der Waals surface area contributed by atoms with Crippen molar-refractivity contribution < 1.29 is 4.39 Å². The zero-order valence-electron chi connectivity index (χ0n) is 23.1. The second-order valence-electron chi connectivity index (χ2n) is 11.2. The van der Waals surface area contributed by atoms with Crippen LogP contribution in [-0.2, 0) is 0 Å². The van der Waals surface area contributed by atoms with Crippen LogP contribution < -0.4 is 0 Å². The lowest BCUT2D eigenvalue weighted by Crippen LogP contribution is -2.10. The lowest BCUT2D eigenvalue weighted by Gasteiger charge is -2.22. The summed E-state index contributed by atoms with van der Waals surface area (Å²) in [5, 5.41) is 0. The Morgan fingerprint density at radius 2 is 1.31 bits per heavy atom. The van der Waals surface area contributed by atoms with E-state index in [9.17, 15) is 4.39 Å². The van der Waals surface area contributed by atoms with E-state index in [-0.39, 0.29) is 5.83 Å². The molecule has 0 amide bonds. The number of unbranched alkanes of at least 4 members (excludes halogenated alkanes) is 1. The Labute approximate surface area is 201 Å². The Morgan fingerprint density at radius 3 is 1.88 bits per heavy atom. The van der Waals surface area contributed by atoms with Crippen molar-refractivity contribution in [3.8, 4) is 0 Å². The first-order valence-corrected chi connectivity index (χ1v) is 13.3. The molecule has 32 heavy (non-hydrogen) atoms. The fraction of sp³-hybridized carbons (Fsp3) is 0.742. The van der Waals surface area contributed by atoms with Crippen molar-refractivity contribution in [3.05, 3.63) is 47.9 Å². The maximum Gasteiger partial charge on any atom is 0.130 e. The number of rotatable bonds is 17. The van der Waals surface area contributed by atoms with Gasteiger partial charge in [-0.25, -0.2) is 4.39 Å². The standard InChI is InChI=1S/C31H55F/c1-12-13-14-23(4)25(6)17-18-27(8)29(10)21-31(32)30(11)28(9)20-19-26(7)24(5)16-15-22(2)3/h20-27H,10-19H2,1-9H3/b28-20+,31-21+. The number of hydrogen-bond acceptors (Lipinski definition) is 0. The predicted molar refractivity (Wildman–Crippen MR) is 144 cm³/mol. The lowest BCUT2D eigenvalue weighted by atomic mass is 9.84. The van der Waals surface area contributed by atoms with E-state index < -0.39 is 0 Å². The normalized spacial score (nSPS) is 17.7. The number of halogens is 1. The first kappa shape index (κ1) is 30.9. The molecule has 0 rings (SSSR count). The van der Waals surface area contributed by atoms with Crippen LogP contribution in [0, 0.1) is 35.5 Å². The van der Waals surface area contributed by atoms with Gasteiger partial charge in [-0.1, -0.05) is 107 Å². The molecule has 1 heteroatoms. The van der Waals surface area contributed by atoms with Crippen LogP contribution in [0.15, 0.2) is 47.9 Å². The van der Waals surface area contributed by atoms with Gasteiger partial charge in [-0.15, -0.1) is 0 Å². The fourth-order valence-corrected chi connectivity index (χ4v) is 3.97. The summed E-state index contributed by atoms with van der Waals surface area (Å²) in [4.78, 5) is 0. The molecule has 0 aliphatic heterocycles. The molecule has 0 fully saturated rings. The minimum Gasteiger partial charge on any atom is -0.206 e. The molecule has 0 heterocycles. The molecule has 0 aromatic rings. The third kappa shape index (κ3) is 12.8. The summed E-state index contributed by atoms with van der Waals surface area (Å²) in [6.45, 7) is 28.5. The van der Waals surface area contributed by atoms with Gasteiger partial charge >= 0.3 is 0 Å². The smallest absolute Gasteiger partial charge is 0.130 e. The Bertz CT molecular complexity index is 606. The Morgan fingerprint density at radius 1 is 0.781 bits per heavy atom. The van der Waals surface area contributed by atoms with E-state index in [0.29, 0.717) is 29.2 Å². The molecule has 0 N–H and O–H groups in total. The first-order valence-electron chi connectivity index (χ1n) is 13.3. The second-order valence-corrected chi connectivity index (χ2v) is 11.2. The van der Waals surface area contributed by atoms with Crippen LogP contribution in [0.25, 0.3) is 0 Å². The zero-order chi connectivity index (χ0) is 24.8. The number of allylic oxidation sites excluding steroid dienone is 6. The van der Waals surface area contributed by atoms with E-state index in [2.05, 4.69) is 74.6 Å². The SMILES string of the molecule is C=C(/C(C)=C/CC(C)C(C)CCC(C)C)/C(F)=C\C(=C)C(C)CCC(C)C(C)CCCC. The van der Waals surface area contributed by atoms with Gasteiger partial charge < -0.3 is 0 Å². The molecular weight excluding hydrogens is 391 g/mol. The fourth-order valence-electron chi connectivity index (χ4n) is 3.97. The van der Waals surface area contributed by atoms with Crippen molar-refractivity contribution in [1.82, 2.24) is 0 Å². The van der Waals surface area contributed by atoms with Crippen LogP contribution >= 0.6 is 0 Å². The summed E-state index contributed by atoms with van der Waals surface area (Å²) in [5.41, 5.74) is 2.32. The minimum absolute atomic E-state index is 0.236. The molecule has 186 valence electrons. The van der Waals surface area contributed by atoms with Gasteiger partial charge in [-0.3, -0.25) is 0 Å². The average molecular weight is 447 g/mol. The van der Waals surface area contributed by atoms with Crippen molar-refractivity contribution in [2.24, 2.45) is 35.5 Å². The summed E-state index contributed by atoms with van der Waals surface area (Å²) < 4.78 is 14.9. The van der Waals surface area contributed by atoms with E-state index in [0.717, 1.165) is 35.8 Å². The van der Waals surface area contributed by atoms with Gasteiger partial charge in [-0.05, 0) is 78.9 Å². The van der Waals surface area contributed by atoms with Gasteiger partial charge in [-0.2, -0.15) is 0 Å². The molecule has 0 aromatic heterocycles. The van der Waals surface area contributed by atoms with Gasteiger partial charge in [0.25, 0.3) is 0 Å². The zero-order valence-corrected chi connectivity index (χ0v) is 23.1. The maximum absolute atomic E-state index is 14.9. The minimum atomic E-state index is -0.236. The van der Waals surface area contributed by atoms with E-state index >= 15 is 0 Å². The van der Waals surface area contributed by atoms with Crippen molar-refractivity contribution in [1.29, 1.82) is 0 Å². The largest absolute Gasteiger partial charge is 0.206 e. The molecule has 5 atom stereocenters. The third-order valence-electron chi connectivity index (χ3n) is 7.72. The van der Waals surface area contributed by atoms with Crippen LogP contribution in [-0.4, -0.2) is 0 Å². The van der Waals surface area contributed by atoms with Gasteiger partial charge in [0.05, 0.1) is 0 Å². The molecule has 0 spiro atoms. The van der Waals surface area contributed by atoms with Crippen LogP contribution in [0.1, 0.15) is 114 Å². The topological polar surface area (TPSA) is 0 Å². The molecular formula is C31H55F. The molecule has 0 nitrogen and oxygen atoms in total. The molecule has 0 radical (unpaired) electrons. The highest BCUT2D eigenvalue weighted by Crippen LogP contribution is 2.29. The molecule has 0 bridgehead atoms. The van der Waals surface area contributed by atoms with Crippen LogP contribution in [0.5, 0.6) is 0 Å². The lowest BCUT2D eigenvalue weighted by molar-refractivity contribution is 0.318. The predicted octanol–water partition coefficient (Wildman–Crippen LogP) is 10.9. The Hall–Kier alpha value is -1.11. The molecule has 0 aromatic carbocycles. The summed E-state index contributed by atoms with van der Waals surface area (Å²) in [6, 6.07) is 0. The molecule has 0 aliphatic carbocycles. The van der Waals surface area contributed by atoms with Gasteiger partial charge in [0.1, 0.15) is 5.83 Å². The summed E-state index contributed by atoms with van der Waals surface area (Å²) in [5.74, 6) is 3.55. The molecule has 5 unspecified atom stereocenters. The van der Waals surface area contributed by atoms with E-state index in [1.807, 2.05) is 6.92 Å². The van der Waals surface area contributed by atoms with Crippen molar-refractivity contribution >= 4 is 0 Å². The van der Waals surface area contributed by atoms with Crippen molar-refractivity contribution in [2.75, 3.05) is 0 Å². The quantitative estimate of drug-likeness (QED) is 0.195. The molecule has 0 saturated carbocycles. The van der Waals surface area contributed by atoms with Gasteiger partial charge in [0.15, 0.2) is 0 Å². The van der Waals surface area contributed by atoms with Crippen molar-refractivity contribution in [2.45, 2.75) is 114 Å². The van der Waals surface area contributed by atoms with Crippen LogP contribution in [0.4, 0.5) is 4.39 Å². The molecule has 0 aliphatic rings. The van der Waals surface area contributed by atoms with Crippen LogP contribution in [0.3, 0.4) is 0 Å². The van der Waals surface area contributed by atoms with Gasteiger partial charge in [0.2, 0.25) is 0 Å². The van der Waals surface area contributed by atoms with Crippen molar-refractivity contribution in [3.63, 3.8) is 0 Å². The van der Waals surface area contributed by atoms with E-state index in [1.54, 1.807) is 6.08 Å². The average Bonchev–Trinajstić information content (AvgIpc) is 2.75. The van der Waals surface area contributed by atoms with Crippen LogP contribution in [0.2, 0.25) is 0 Å². The highest BCUT2D eigenvalue weighted by molar-refractivity contribution is 5.43. The van der Waals surface area contributed by atoms with Gasteiger partial charge in [0, 0.05) is 5.57 Å². The number of hydrogen-bond donors (Lipinski definition) is 0. The second kappa shape index (κ2) is 16.5. The highest BCUT2D eigenvalue weighted by Gasteiger charge is 2.16. The summed E-state index contributed by atoms with van der Waals surface area (Å²) in [7, 11) is 0. The van der Waals surface area contributed by atoms with E-state index in [1.165, 1.54) is 38.5 Å². The molecule has 0 saturated heterocycles. The first-order chi connectivity index (χ1) is 14.9. The highest BCUT2D eigenvalue weighted by atomic mass is 19.1. The summed E-state index contributed by atoms with van der Waals surface area (Å²) >= 11 is 0. The Balaban J connectivity index is 4.71. The summed E-state index contributed by atoms with van der Waals surface area (Å²) in [6.07, 6.45) is 13.4. The Kier molecular flexibility index (Phi) is 15.9. The third-order valence-corrected chi connectivity index (χ3v) is 7.72. The maximum atomic E-state index is 14.9.